The van der Waals surface area contributed by atoms with Crippen molar-refractivity contribution in [3.63, 3.8) is 0 Å². The maximum absolute atomic E-state index is 12.7. The van der Waals surface area contributed by atoms with Crippen LogP contribution in [0, 0.1) is 0 Å². The third-order valence-electron chi connectivity index (χ3n) is 5.50. The lowest BCUT2D eigenvalue weighted by Crippen LogP contribution is -2.39. The molecular weight excluding hydrogens is 418 g/mol. The highest BCUT2D eigenvalue weighted by Crippen LogP contribution is 2.36. The Balaban J connectivity index is 1.46. The summed E-state index contributed by atoms with van der Waals surface area (Å²) in [6.07, 6.45) is 3.66. The quantitative estimate of drug-likeness (QED) is 0.704. The number of carbonyl (C=O) groups is 1. The molecule has 0 aromatic heterocycles. The molecular formula is C22H27N3O5S. The number of nitrogens with one attached hydrogen (secondary N) is 1. The van der Waals surface area contributed by atoms with Gasteiger partial charge in [-0.25, -0.2) is 8.42 Å². The van der Waals surface area contributed by atoms with Gasteiger partial charge in [0, 0.05) is 30.5 Å². The molecule has 166 valence electrons. The van der Waals surface area contributed by atoms with Crippen molar-refractivity contribution in [1.82, 2.24) is 0 Å². The minimum atomic E-state index is -3.67. The molecule has 0 unspecified atom stereocenters. The zero-order chi connectivity index (χ0) is 21.8. The summed E-state index contributed by atoms with van der Waals surface area (Å²) >= 11 is 0. The van der Waals surface area contributed by atoms with Gasteiger partial charge < -0.3 is 19.7 Å². The fraction of sp³-hybridized carbons (Fsp3) is 0.409. The highest BCUT2D eigenvalue weighted by Gasteiger charge is 2.26. The van der Waals surface area contributed by atoms with E-state index in [-0.39, 0.29) is 19.1 Å². The van der Waals surface area contributed by atoms with Crippen LogP contribution in [0.1, 0.15) is 26.2 Å². The van der Waals surface area contributed by atoms with Crippen molar-refractivity contribution in [2.24, 2.45) is 0 Å². The van der Waals surface area contributed by atoms with Crippen LogP contribution in [0.3, 0.4) is 0 Å². The summed E-state index contributed by atoms with van der Waals surface area (Å²) in [6.45, 7) is 3.40. The van der Waals surface area contributed by atoms with Gasteiger partial charge in [0.25, 0.3) is 0 Å². The van der Waals surface area contributed by atoms with E-state index in [0.717, 1.165) is 23.1 Å². The van der Waals surface area contributed by atoms with Crippen LogP contribution in [-0.2, 0) is 14.8 Å². The Kier molecular flexibility index (Phi) is 6.22. The van der Waals surface area contributed by atoms with E-state index in [1.807, 2.05) is 24.3 Å². The second kappa shape index (κ2) is 9.05. The number of fused-ring (bicyclic) bond motifs is 1. The Morgan fingerprint density at radius 3 is 2.45 bits per heavy atom. The molecule has 2 aliphatic heterocycles. The van der Waals surface area contributed by atoms with Crippen molar-refractivity contribution < 1.29 is 22.7 Å². The van der Waals surface area contributed by atoms with E-state index in [1.165, 1.54) is 19.3 Å². The summed E-state index contributed by atoms with van der Waals surface area (Å²) in [6, 6.07) is 12.5. The van der Waals surface area contributed by atoms with Gasteiger partial charge in [0.2, 0.25) is 22.7 Å². The van der Waals surface area contributed by atoms with E-state index in [4.69, 9.17) is 9.47 Å². The van der Waals surface area contributed by atoms with E-state index < -0.39 is 15.9 Å². The predicted molar refractivity (Wildman–Crippen MR) is 121 cm³/mol. The van der Waals surface area contributed by atoms with Crippen LogP contribution in [0.5, 0.6) is 11.5 Å². The average Bonchev–Trinajstić information content (AvgIpc) is 3.26. The molecule has 31 heavy (non-hydrogen) atoms. The molecule has 1 N–H and O–H groups in total. The molecule has 1 fully saturated rings. The lowest BCUT2D eigenvalue weighted by atomic mass is 10.1. The molecule has 1 amide bonds. The third kappa shape index (κ3) is 4.87. The van der Waals surface area contributed by atoms with Crippen LogP contribution >= 0.6 is 0 Å². The van der Waals surface area contributed by atoms with Gasteiger partial charge in [-0.15, -0.1) is 0 Å². The lowest BCUT2D eigenvalue weighted by molar-refractivity contribution is -0.114. The molecule has 1 saturated heterocycles. The number of rotatable bonds is 7. The fourth-order valence-electron chi connectivity index (χ4n) is 3.79. The first-order valence-electron chi connectivity index (χ1n) is 10.5. The molecule has 2 aromatic carbocycles. The molecule has 0 atom stereocenters. The van der Waals surface area contributed by atoms with Crippen LogP contribution in [-0.4, -0.2) is 46.5 Å². The van der Waals surface area contributed by atoms with Crippen molar-refractivity contribution in [2.75, 3.05) is 46.7 Å². The van der Waals surface area contributed by atoms with Gasteiger partial charge in [-0.1, -0.05) is 0 Å². The van der Waals surface area contributed by atoms with Crippen molar-refractivity contribution in [3.8, 4) is 11.5 Å². The van der Waals surface area contributed by atoms with Crippen LogP contribution in [0.4, 0.5) is 17.1 Å². The van der Waals surface area contributed by atoms with Crippen molar-refractivity contribution in [3.05, 3.63) is 42.5 Å². The number of piperidine rings is 1. The number of nitrogens with zero attached hydrogens (tertiary/aromatic N) is 2. The first-order valence-corrected chi connectivity index (χ1v) is 12.1. The van der Waals surface area contributed by atoms with Gasteiger partial charge in [0.15, 0.2) is 11.5 Å². The summed E-state index contributed by atoms with van der Waals surface area (Å²) in [4.78, 5) is 15.0. The summed E-state index contributed by atoms with van der Waals surface area (Å²) in [7, 11) is -3.67. The first kappa shape index (κ1) is 21.3. The van der Waals surface area contributed by atoms with Gasteiger partial charge in [0.1, 0.15) is 6.54 Å². The van der Waals surface area contributed by atoms with Gasteiger partial charge in [-0.2, -0.15) is 0 Å². The molecule has 8 nitrogen and oxygen atoms in total. The van der Waals surface area contributed by atoms with E-state index in [1.54, 1.807) is 25.1 Å². The smallest absolute Gasteiger partial charge is 0.245 e. The standard InChI is InChI=1S/C22H27N3O5S/c1-2-31(27,28)25(19-10-11-20-21(14-19)30-16-29-20)15-22(26)23-17-6-8-18(9-7-17)24-12-4-3-5-13-24/h6-11,14H,2-5,12-13,15-16H2,1H3,(H,23,26). The first-order chi connectivity index (χ1) is 15.0. The van der Waals surface area contributed by atoms with Crippen LogP contribution in [0.25, 0.3) is 0 Å². The molecule has 2 aromatic rings. The topological polar surface area (TPSA) is 88.2 Å². The summed E-state index contributed by atoms with van der Waals surface area (Å²) in [5, 5.41) is 2.80. The molecule has 4 rings (SSSR count). The molecule has 0 radical (unpaired) electrons. The SMILES string of the molecule is CCS(=O)(=O)N(CC(=O)Nc1ccc(N2CCCCC2)cc1)c1ccc2c(c1)OCO2. The largest absolute Gasteiger partial charge is 0.454 e. The van der Waals surface area contributed by atoms with Crippen molar-refractivity contribution >= 4 is 33.0 Å². The Bertz CT molecular complexity index is 1030. The van der Waals surface area contributed by atoms with Gasteiger partial charge in [-0.3, -0.25) is 9.10 Å². The van der Waals surface area contributed by atoms with E-state index in [2.05, 4.69) is 10.2 Å². The number of ether oxygens (including phenoxy) is 2. The second-order valence-corrected chi connectivity index (χ2v) is 9.77. The monoisotopic (exact) mass is 445 g/mol. The van der Waals surface area contributed by atoms with Crippen LogP contribution in [0.2, 0.25) is 0 Å². The molecule has 9 heteroatoms. The predicted octanol–water partition coefficient (Wildman–Crippen LogP) is 3.20. The van der Waals surface area contributed by atoms with Gasteiger partial charge >= 0.3 is 0 Å². The number of hydrogen-bond donors (Lipinski definition) is 1. The number of sulfonamides is 1. The maximum atomic E-state index is 12.7. The minimum absolute atomic E-state index is 0.0905. The lowest BCUT2D eigenvalue weighted by Gasteiger charge is -2.29. The van der Waals surface area contributed by atoms with E-state index in [0.29, 0.717) is 22.9 Å². The Labute approximate surface area is 182 Å². The number of carbonyl (C=O) groups excluding carboxylic acids is 1. The fourth-order valence-corrected chi connectivity index (χ4v) is 4.85. The zero-order valence-electron chi connectivity index (χ0n) is 17.5. The Morgan fingerprint density at radius 2 is 1.74 bits per heavy atom. The minimum Gasteiger partial charge on any atom is -0.454 e. The molecule has 2 aliphatic rings. The second-order valence-electron chi connectivity index (χ2n) is 7.59. The third-order valence-corrected chi connectivity index (χ3v) is 7.25. The molecule has 0 bridgehead atoms. The summed E-state index contributed by atoms with van der Waals surface area (Å²) in [5.41, 5.74) is 2.13. The van der Waals surface area contributed by atoms with E-state index >= 15 is 0 Å². The summed E-state index contributed by atoms with van der Waals surface area (Å²) < 4.78 is 37.1. The average molecular weight is 446 g/mol. The maximum Gasteiger partial charge on any atom is 0.245 e. The number of amides is 1. The van der Waals surface area contributed by atoms with Crippen molar-refractivity contribution in [2.45, 2.75) is 26.2 Å². The zero-order valence-corrected chi connectivity index (χ0v) is 18.4. The van der Waals surface area contributed by atoms with Crippen molar-refractivity contribution in [1.29, 1.82) is 0 Å². The summed E-state index contributed by atoms with van der Waals surface area (Å²) in [5.74, 6) is 0.470. The van der Waals surface area contributed by atoms with Crippen LogP contribution < -0.4 is 24.0 Å². The van der Waals surface area contributed by atoms with Crippen LogP contribution in [0.15, 0.2) is 42.5 Å². The van der Waals surface area contributed by atoms with Gasteiger partial charge in [0.05, 0.1) is 11.4 Å². The highest BCUT2D eigenvalue weighted by molar-refractivity contribution is 7.92. The number of anilines is 3. The highest BCUT2D eigenvalue weighted by atomic mass is 32.2. The van der Waals surface area contributed by atoms with Gasteiger partial charge in [-0.05, 0) is 62.6 Å². The molecule has 0 saturated carbocycles. The molecule has 2 heterocycles. The van der Waals surface area contributed by atoms with E-state index in [9.17, 15) is 13.2 Å². The molecule has 0 spiro atoms. The normalized spacial score (nSPS) is 15.6. The Morgan fingerprint density at radius 1 is 1.03 bits per heavy atom. The Hall–Kier alpha value is -2.94. The molecule has 0 aliphatic carbocycles. The number of hydrogen-bond acceptors (Lipinski definition) is 6. The number of benzene rings is 2.